The normalized spacial score (nSPS) is 14.9. The van der Waals surface area contributed by atoms with Crippen molar-refractivity contribution in [2.24, 2.45) is 0 Å². The molecule has 0 spiro atoms. The predicted molar refractivity (Wildman–Crippen MR) is 94.1 cm³/mol. The molecular formula is C18H18F2N6O. The Labute approximate surface area is 154 Å². The predicted octanol–water partition coefficient (Wildman–Crippen LogP) is 3.79. The summed E-state index contributed by atoms with van der Waals surface area (Å²) in [6, 6.07) is 5.69. The zero-order valence-corrected chi connectivity index (χ0v) is 14.5. The number of nitrogens with one attached hydrogen (secondary N) is 1. The maximum Gasteiger partial charge on any atom is 0.323 e. The molecule has 0 radical (unpaired) electrons. The van der Waals surface area contributed by atoms with Crippen LogP contribution >= 0.6 is 0 Å². The molecule has 0 aliphatic heterocycles. The van der Waals surface area contributed by atoms with Crippen LogP contribution in [0.3, 0.4) is 0 Å². The van der Waals surface area contributed by atoms with Crippen LogP contribution in [-0.2, 0) is 0 Å². The number of hydrogen-bond acceptors (Lipinski definition) is 6. The quantitative estimate of drug-likeness (QED) is 0.734. The molecule has 0 unspecified atom stereocenters. The van der Waals surface area contributed by atoms with Crippen molar-refractivity contribution in [1.82, 2.24) is 24.7 Å². The molecule has 9 heteroatoms. The number of nitrogens with zero attached hydrogens (tertiary/aromatic N) is 5. The number of aromatic nitrogens is 5. The Morgan fingerprint density at radius 2 is 1.89 bits per heavy atom. The fraction of sp³-hybridized carbons (Fsp3) is 0.333. The van der Waals surface area contributed by atoms with Crippen LogP contribution in [0.25, 0.3) is 5.95 Å². The molecule has 2 aromatic heterocycles. The highest BCUT2D eigenvalue weighted by atomic mass is 19.2. The second kappa shape index (κ2) is 7.65. The van der Waals surface area contributed by atoms with Crippen LogP contribution in [-0.4, -0.2) is 30.8 Å². The Bertz CT molecular complexity index is 912. The highest BCUT2D eigenvalue weighted by molar-refractivity contribution is 5.54. The molecule has 1 aliphatic rings. The van der Waals surface area contributed by atoms with Crippen molar-refractivity contribution in [3.63, 3.8) is 0 Å². The molecule has 1 saturated carbocycles. The van der Waals surface area contributed by atoms with Crippen molar-refractivity contribution in [3.8, 4) is 12.0 Å². The second-order valence-electron chi connectivity index (χ2n) is 6.30. The zero-order valence-electron chi connectivity index (χ0n) is 14.5. The van der Waals surface area contributed by atoms with E-state index in [-0.39, 0.29) is 29.7 Å². The van der Waals surface area contributed by atoms with Crippen molar-refractivity contribution in [2.75, 3.05) is 5.32 Å². The summed E-state index contributed by atoms with van der Waals surface area (Å²) in [4.78, 5) is 12.8. The third-order valence-electron chi connectivity index (χ3n) is 4.33. The minimum Gasteiger partial charge on any atom is -0.460 e. The summed E-state index contributed by atoms with van der Waals surface area (Å²) in [6.07, 6.45) is 8.56. The summed E-state index contributed by atoms with van der Waals surface area (Å²) < 4.78 is 34.8. The van der Waals surface area contributed by atoms with E-state index >= 15 is 0 Å². The summed E-state index contributed by atoms with van der Waals surface area (Å²) >= 11 is 0. The Morgan fingerprint density at radius 3 is 2.67 bits per heavy atom. The van der Waals surface area contributed by atoms with Crippen LogP contribution in [0.2, 0.25) is 0 Å². The van der Waals surface area contributed by atoms with Gasteiger partial charge in [-0.25, -0.2) is 13.5 Å². The fourth-order valence-electron chi connectivity index (χ4n) is 3.00. The lowest BCUT2D eigenvalue weighted by molar-refractivity contribution is 0.141. The van der Waals surface area contributed by atoms with E-state index in [1.807, 2.05) is 0 Å². The summed E-state index contributed by atoms with van der Waals surface area (Å²) in [5.41, 5.74) is -0.0729. The van der Waals surface area contributed by atoms with Gasteiger partial charge in [-0.1, -0.05) is 12.5 Å². The van der Waals surface area contributed by atoms with Gasteiger partial charge in [0.05, 0.1) is 5.69 Å². The maximum absolute atomic E-state index is 14.0. The smallest absolute Gasteiger partial charge is 0.323 e. The summed E-state index contributed by atoms with van der Waals surface area (Å²) in [7, 11) is 0. The van der Waals surface area contributed by atoms with Gasteiger partial charge in [0.25, 0.3) is 5.95 Å². The molecule has 1 aliphatic carbocycles. The van der Waals surface area contributed by atoms with Crippen molar-refractivity contribution in [2.45, 2.75) is 38.2 Å². The molecule has 0 amide bonds. The van der Waals surface area contributed by atoms with Crippen LogP contribution in [0.1, 0.15) is 32.1 Å². The van der Waals surface area contributed by atoms with E-state index in [4.69, 9.17) is 4.74 Å². The van der Waals surface area contributed by atoms with Gasteiger partial charge in [-0.3, -0.25) is 0 Å². The van der Waals surface area contributed by atoms with Crippen LogP contribution in [0.15, 0.2) is 36.7 Å². The molecule has 1 aromatic carbocycles. The minimum atomic E-state index is -1.01. The number of rotatable bonds is 5. The summed E-state index contributed by atoms with van der Waals surface area (Å²) in [6.45, 7) is 0. The zero-order chi connectivity index (χ0) is 18.6. The lowest BCUT2D eigenvalue weighted by Crippen LogP contribution is -2.21. The van der Waals surface area contributed by atoms with Gasteiger partial charge >= 0.3 is 6.01 Å². The van der Waals surface area contributed by atoms with E-state index in [2.05, 4.69) is 25.4 Å². The second-order valence-corrected chi connectivity index (χ2v) is 6.30. The summed E-state index contributed by atoms with van der Waals surface area (Å²) in [5, 5.41) is 6.80. The lowest BCUT2D eigenvalue weighted by atomic mass is 9.98. The van der Waals surface area contributed by atoms with E-state index < -0.39 is 11.6 Å². The fourth-order valence-corrected chi connectivity index (χ4v) is 3.00. The first kappa shape index (κ1) is 17.3. The third-order valence-corrected chi connectivity index (χ3v) is 4.33. The van der Waals surface area contributed by atoms with Gasteiger partial charge in [-0.15, -0.1) is 0 Å². The van der Waals surface area contributed by atoms with E-state index in [1.165, 1.54) is 23.2 Å². The molecule has 140 valence electrons. The molecule has 1 fully saturated rings. The topological polar surface area (TPSA) is 77.8 Å². The third kappa shape index (κ3) is 4.02. The molecule has 1 N–H and O–H groups in total. The Kier molecular flexibility index (Phi) is 4.91. The van der Waals surface area contributed by atoms with Crippen LogP contribution in [0.5, 0.6) is 6.01 Å². The van der Waals surface area contributed by atoms with Gasteiger partial charge in [0, 0.05) is 12.4 Å². The number of anilines is 2. The van der Waals surface area contributed by atoms with E-state index in [0.717, 1.165) is 31.7 Å². The molecule has 2 heterocycles. The molecule has 0 saturated heterocycles. The molecule has 27 heavy (non-hydrogen) atoms. The van der Waals surface area contributed by atoms with Gasteiger partial charge in [0.2, 0.25) is 5.95 Å². The van der Waals surface area contributed by atoms with Gasteiger partial charge in [0.1, 0.15) is 6.10 Å². The molecule has 0 bridgehead atoms. The Balaban J connectivity index is 1.66. The van der Waals surface area contributed by atoms with E-state index in [9.17, 15) is 8.78 Å². The van der Waals surface area contributed by atoms with Crippen molar-refractivity contribution in [3.05, 3.63) is 48.3 Å². The number of halogens is 2. The van der Waals surface area contributed by atoms with Gasteiger partial charge in [-0.05, 0) is 43.9 Å². The van der Waals surface area contributed by atoms with Gasteiger partial charge in [0.15, 0.2) is 11.6 Å². The van der Waals surface area contributed by atoms with Crippen molar-refractivity contribution >= 4 is 11.6 Å². The first-order chi connectivity index (χ1) is 13.2. The van der Waals surface area contributed by atoms with E-state index in [0.29, 0.717) is 0 Å². The Hall–Kier alpha value is -3.10. The van der Waals surface area contributed by atoms with Crippen LogP contribution < -0.4 is 10.1 Å². The standard InChI is InChI=1S/C18H18F2N6O/c19-13-8-4-9-14(15(13)20)22-16-23-17(26-11-5-10-21-26)25-18(24-16)27-12-6-2-1-3-7-12/h4-5,8-12H,1-3,6-7H2,(H,22,23,24,25). The average Bonchev–Trinajstić information content (AvgIpc) is 3.21. The number of ether oxygens (including phenoxy) is 1. The van der Waals surface area contributed by atoms with Crippen molar-refractivity contribution < 1.29 is 13.5 Å². The minimum absolute atomic E-state index is 0.0328. The average molecular weight is 372 g/mol. The number of benzene rings is 1. The summed E-state index contributed by atoms with van der Waals surface area (Å²) in [5.74, 6) is -1.70. The van der Waals surface area contributed by atoms with Gasteiger partial charge < -0.3 is 10.1 Å². The van der Waals surface area contributed by atoms with Gasteiger partial charge in [-0.2, -0.15) is 20.1 Å². The maximum atomic E-state index is 14.0. The monoisotopic (exact) mass is 372 g/mol. The molecule has 3 aromatic rings. The largest absolute Gasteiger partial charge is 0.460 e. The first-order valence-electron chi connectivity index (χ1n) is 8.83. The highest BCUT2D eigenvalue weighted by Gasteiger charge is 2.19. The number of hydrogen-bond donors (Lipinski definition) is 1. The molecule has 0 atom stereocenters. The van der Waals surface area contributed by atoms with Crippen LogP contribution in [0.4, 0.5) is 20.4 Å². The SMILES string of the molecule is Fc1cccc(Nc2nc(OC3CCCCC3)nc(-n3cccn3)n2)c1F. The first-order valence-corrected chi connectivity index (χ1v) is 8.83. The molecular weight excluding hydrogens is 354 g/mol. The van der Waals surface area contributed by atoms with Crippen molar-refractivity contribution in [1.29, 1.82) is 0 Å². The van der Waals surface area contributed by atoms with E-state index in [1.54, 1.807) is 18.5 Å². The Morgan fingerprint density at radius 1 is 1.04 bits per heavy atom. The highest BCUT2D eigenvalue weighted by Crippen LogP contribution is 2.24. The molecule has 7 nitrogen and oxygen atoms in total. The molecule has 4 rings (SSSR count). The lowest BCUT2D eigenvalue weighted by Gasteiger charge is -2.22. The van der Waals surface area contributed by atoms with Crippen LogP contribution in [0, 0.1) is 11.6 Å².